The third-order valence-corrected chi connectivity index (χ3v) is 5.00. The summed E-state index contributed by atoms with van der Waals surface area (Å²) in [6.45, 7) is 3.34. The number of carbonyl (C=O) groups excluding carboxylic acids is 2. The molecule has 0 aliphatic carbocycles. The van der Waals surface area contributed by atoms with Gasteiger partial charge in [0.25, 0.3) is 5.89 Å². The van der Waals surface area contributed by atoms with E-state index in [2.05, 4.69) is 10.2 Å². The van der Waals surface area contributed by atoms with E-state index in [1.807, 2.05) is 17.5 Å². The van der Waals surface area contributed by atoms with Gasteiger partial charge >= 0.3 is 5.97 Å². The molecule has 1 amide bonds. The molecule has 134 valence electrons. The number of rotatable bonds is 6. The Morgan fingerprint density at radius 2 is 2.28 bits per heavy atom. The van der Waals surface area contributed by atoms with Gasteiger partial charge in [0.1, 0.15) is 0 Å². The Hall–Kier alpha value is -2.22. The fraction of sp³-hybridized carbons (Fsp3) is 0.529. The lowest BCUT2D eigenvalue weighted by molar-refractivity contribution is -0.146. The van der Waals surface area contributed by atoms with Crippen molar-refractivity contribution in [2.75, 3.05) is 19.7 Å². The summed E-state index contributed by atoms with van der Waals surface area (Å²) in [6.07, 6.45) is 2.09. The molecule has 1 atom stereocenters. The molecule has 2 aromatic heterocycles. The molecule has 1 fully saturated rings. The van der Waals surface area contributed by atoms with Crippen molar-refractivity contribution in [3.05, 3.63) is 23.4 Å². The molecule has 0 radical (unpaired) electrons. The van der Waals surface area contributed by atoms with Crippen LogP contribution in [0.4, 0.5) is 0 Å². The van der Waals surface area contributed by atoms with E-state index in [4.69, 9.17) is 9.15 Å². The molecule has 1 saturated heterocycles. The van der Waals surface area contributed by atoms with E-state index in [0.29, 0.717) is 31.5 Å². The Balaban J connectivity index is 1.57. The summed E-state index contributed by atoms with van der Waals surface area (Å²) in [4.78, 5) is 26.5. The number of likely N-dealkylation sites (tertiary alicyclic amines) is 1. The highest BCUT2D eigenvalue weighted by molar-refractivity contribution is 7.13. The number of carbonyl (C=O) groups is 2. The van der Waals surface area contributed by atoms with Crippen LogP contribution in [0.15, 0.2) is 21.9 Å². The summed E-state index contributed by atoms with van der Waals surface area (Å²) in [5.41, 5.74) is 0. The van der Waals surface area contributed by atoms with Crippen LogP contribution in [0.3, 0.4) is 0 Å². The summed E-state index contributed by atoms with van der Waals surface area (Å²) in [5, 5.41) is 10.2. The normalized spacial score (nSPS) is 17.5. The van der Waals surface area contributed by atoms with Crippen molar-refractivity contribution in [2.45, 2.75) is 38.5 Å². The summed E-state index contributed by atoms with van der Waals surface area (Å²) in [6, 6.07) is 3.88. The first-order chi connectivity index (χ1) is 12.2. The largest absolute Gasteiger partial charge is 0.466 e. The first-order valence-electron chi connectivity index (χ1n) is 8.48. The van der Waals surface area contributed by atoms with Crippen LogP contribution in [0.5, 0.6) is 0 Å². The zero-order chi connectivity index (χ0) is 17.6. The highest BCUT2D eigenvalue weighted by atomic mass is 32.1. The van der Waals surface area contributed by atoms with Crippen molar-refractivity contribution in [1.29, 1.82) is 0 Å². The molecule has 25 heavy (non-hydrogen) atoms. The Labute approximate surface area is 150 Å². The van der Waals surface area contributed by atoms with Crippen LogP contribution in [0, 0.1) is 0 Å². The van der Waals surface area contributed by atoms with Gasteiger partial charge in [-0.15, -0.1) is 21.5 Å². The Morgan fingerprint density at radius 3 is 3.04 bits per heavy atom. The number of piperidine rings is 1. The van der Waals surface area contributed by atoms with Crippen molar-refractivity contribution in [2.24, 2.45) is 0 Å². The van der Waals surface area contributed by atoms with E-state index in [-0.39, 0.29) is 30.6 Å². The molecular weight excluding hydrogens is 342 g/mol. The van der Waals surface area contributed by atoms with Crippen LogP contribution in [0.1, 0.15) is 44.4 Å². The molecule has 0 spiro atoms. The number of nitrogens with zero attached hydrogens (tertiary/aromatic N) is 3. The maximum absolute atomic E-state index is 12.3. The molecule has 0 bridgehead atoms. The molecule has 7 nitrogen and oxygen atoms in total. The maximum atomic E-state index is 12.3. The Morgan fingerprint density at radius 1 is 1.40 bits per heavy atom. The van der Waals surface area contributed by atoms with Gasteiger partial charge in [-0.1, -0.05) is 6.07 Å². The summed E-state index contributed by atoms with van der Waals surface area (Å²) >= 11 is 1.55. The smallest absolute Gasteiger partial charge is 0.306 e. The van der Waals surface area contributed by atoms with E-state index in [9.17, 15) is 9.59 Å². The molecule has 8 heteroatoms. The van der Waals surface area contributed by atoms with E-state index < -0.39 is 0 Å². The number of hydrogen-bond donors (Lipinski definition) is 0. The third kappa shape index (κ3) is 4.45. The van der Waals surface area contributed by atoms with Gasteiger partial charge in [0.15, 0.2) is 0 Å². The van der Waals surface area contributed by atoms with Gasteiger partial charge in [0.2, 0.25) is 11.8 Å². The van der Waals surface area contributed by atoms with Gasteiger partial charge in [-0.3, -0.25) is 9.59 Å². The maximum Gasteiger partial charge on any atom is 0.306 e. The minimum absolute atomic E-state index is 0.0317. The standard InChI is InChI=1S/C17H21N3O4S/c1-2-23-15(22)8-7-14(21)20-9-3-5-12(11-20)16-18-19-17(24-16)13-6-4-10-25-13/h4,6,10,12H,2-3,5,7-9,11H2,1H3/t12-/m0/s1. The van der Waals surface area contributed by atoms with Crippen molar-refractivity contribution in [1.82, 2.24) is 15.1 Å². The molecule has 0 unspecified atom stereocenters. The Bertz CT molecular complexity index is 713. The zero-order valence-corrected chi connectivity index (χ0v) is 15.0. The van der Waals surface area contributed by atoms with Crippen LogP contribution >= 0.6 is 11.3 Å². The lowest BCUT2D eigenvalue weighted by atomic mass is 9.97. The molecule has 0 aromatic carbocycles. The molecule has 1 aliphatic heterocycles. The van der Waals surface area contributed by atoms with E-state index >= 15 is 0 Å². The minimum atomic E-state index is -0.332. The predicted octanol–water partition coefficient (Wildman–Crippen LogP) is 2.85. The fourth-order valence-electron chi connectivity index (χ4n) is 2.90. The second kappa shape index (κ2) is 8.24. The summed E-state index contributed by atoms with van der Waals surface area (Å²) < 4.78 is 10.7. The molecule has 2 aromatic rings. The third-order valence-electron chi connectivity index (χ3n) is 4.14. The summed E-state index contributed by atoms with van der Waals surface area (Å²) in [5.74, 6) is 0.779. The SMILES string of the molecule is CCOC(=O)CCC(=O)N1CCC[C@H](c2nnc(-c3cccs3)o2)C1. The number of amides is 1. The summed E-state index contributed by atoms with van der Waals surface area (Å²) in [7, 11) is 0. The highest BCUT2D eigenvalue weighted by Crippen LogP contribution is 2.30. The molecule has 0 N–H and O–H groups in total. The molecule has 1 aliphatic rings. The number of ether oxygens (including phenoxy) is 1. The average Bonchev–Trinajstić information content (AvgIpc) is 3.31. The van der Waals surface area contributed by atoms with Gasteiger partial charge in [0.05, 0.1) is 23.8 Å². The molecule has 3 rings (SSSR count). The van der Waals surface area contributed by atoms with Crippen molar-refractivity contribution < 1.29 is 18.7 Å². The lowest BCUT2D eigenvalue weighted by Gasteiger charge is -2.31. The van der Waals surface area contributed by atoms with Crippen molar-refractivity contribution in [3.63, 3.8) is 0 Å². The van der Waals surface area contributed by atoms with Crippen molar-refractivity contribution in [3.8, 4) is 10.8 Å². The Kier molecular flexibility index (Phi) is 5.80. The highest BCUT2D eigenvalue weighted by Gasteiger charge is 2.28. The second-order valence-corrected chi connectivity index (χ2v) is 6.85. The van der Waals surface area contributed by atoms with Gasteiger partial charge in [-0.2, -0.15) is 0 Å². The average molecular weight is 363 g/mol. The van der Waals surface area contributed by atoms with Crippen LogP contribution in [0.2, 0.25) is 0 Å². The van der Waals surface area contributed by atoms with Gasteiger partial charge in [-0.05, 0) is 31.2 Å². The van der Waals surface area contributed by atoms with E-state index in [1.165, 1.54) is 0 Å². The van der Waals surface area contributed by atoms with E-state index in [0.717, 1.165) is 17.7 Å². The molecular formula is C17H21N3O4S. The monoisotopic (exact) mass is 363 g/mol. The topological polar surface area (TPSA) is 85.5 Å². The van der Waals surface area contributed by atoms with E-state index in [1.54, 1.807) is 23.2 Å². The lowest BCUT2D eigenvalue weighted by Crippen LogP contribution is -2.39. The van der Waals surface area contributed by atoms with Crippen molar-refractivity contribution >= 4 is 23.2 Å². The number of hydrogen-bond acceptors (Lipinski definition) is 7. The minimum Gasteiger partial charge on any atom is -0.466 e. The number of thiophene rings is 1. The zero-order valence-electron chi connectivity index (χ0n) is 14.1. The van der Waals surface area contributed by atoms with Crippen LogP contribution in [-0.2, 0) is 14.3 Å². The van der Waals surface area contributed by atoms with Crippen LogP contribution in [0.25, 0.3) is 10.8 Å². The first kappa shape index (κ1) is 17.6. The second-order valence-electron chi connectivity index (χ2n) is 5.91. The van der Waals surface area contributed by atoms with Crippen LogP contribution in [-0.4, -0.2) is 46.7 Å². The van der Waals surface area contributed by atoms with Gasteiger partial charge in [0, 0.05) is 19.5 Å². The van der Waals surface area contributed by atoms with Gasteiger partial charge in [-0.25, -0.2) is 0 Å². The van der Waals surface area contributed by atoms with Crippen LogP contribution < -0.4 is 0 Å². The quantitative estimate of drug-likeness (QED) is 0.734. The first-order valence-corrected chi connectivity index (χ1v) is 9.36. The number of aromatic nitrogens is 2. The molecule has 0 saturated carbocycles. The molecule has 3 heterocycles. The number of esters is 1. The van der Waals surface area contributed by atoms with Gasteiger partial charge < -0.3 is 14.1 Å². The fourth-order valence-corrected chi connectivity index (χ4v) is 3.55. The predicted molar refractivity (Wildman–Crippen MR) is 92.0 cm³/mol.